The van der Waals surface area contributed by atoms with Gasteiger partial charge in [-0.1, -0.05) is 19.8 Å². The lowest BCUT2D eigenvalue weighted by Crippen LogP contribution is -2.27. The van der Waals surface area contributed by atoms with Crippen LogP contribution in [0.1, 0.15) is 58.3 Å². The normalized spacial score (nSPS) is 22.2. The molecule has 0 unspecified atom stereocenters. The van der Waals surface area contributed by atoms with Gasteiger partial charge >= 0.3 is 0 Å². The van der Waals surface area contributed by atoms with Gasteiger partial charge in [-0.3, -0.25) is 0 Å². The number of rotatable bonds is 13. The van der Waals surface area contributed by atoms with Gasteiger partial charge in [0.15, 0.2) is 0 Å². The average molecular weight is 422 g/mol. The first-order chi connectivity index (χ1) is 14.7. The van der Waals surface area contributed by atoms with E-state index in [-0.39, 0.29) is 0 Å². The Balaban J connectivity index is 1.51. The van der Waals surface area contributed by atoms with Crippen molar-refractivity contribution in [1.82, 2.24) is 15.0 Å². The van der Waals surface area contributed by atoms with E-state index in [9.17, 15) is 0 Å². The maximum absolute atomic E-state index is 5.57. The van der Waals surface area contributed by atoms with Gasteiger partial charge in [0, 0.05) is 25.2 Å². The quantitative estimate of drug-likeness (QED) is 0.356. The fourth-order valence-electron chi connectivity index (χ4n) is 4.06. The number of nitrogens with one attached hydrogen (secondary N) is 3. The SMILES string of the molecule is CC1CCC(Nc2nc(NCCOCCOCCN)nc(NC3CCCC3)n2)CC1. The second-order valence-electron chi connectivity index (χ2n) is 8.47. The van der Waals surface area contributed by atoms with E-state index in [1.165, 1.54) is 51.4 Å². The Hall–Kier alpha value is -1.71. The Morgan fingerprint density at radius 3 is 1.97 bits per heavy atom. The van der Waals surface area contributed by atoms with Crippen molar-refractivity contribution in [3.8, 4) is 0 Å². The second kappa shape index (κ2) is 12.9. The van der Waals surface area contributed by atoms with Crippen LogP contribution >= 0.6 is 0 Å². The van der Waals surface area contributed by atoms with E-state index in [4.69, 9.17) is 15.2 Å². The molecule has 0 bridgehead atoms. The molecule has 0 aliphatic heterocycles. The summed E-state index contributed by atoms with van der Waals surface area (Å²) in [7, 11) is 0. The molecular weight excluding hydrogens is 382 g/mol. The van der Waals surface area contributed by atoms with E-state index < -0.39 is 0 Å². The average Bonchev–Trinajstić information content (AvgIpc) is 3.25. The van der Waals surface area contributed by atoms with Gasteiger partial charge < -0.3 is 31.2 Å². The number of ether oxygens (including phenoxy) is 2. The smallest absolute Gasteiger partial charge is 0.229 e. The Kier molecular flexibility index (Phi) is 9.85. The number of hydrogen-bond acceptors (Lipinski definition) is 9. The van der Waals surface area contributed by atoms with Crippen molar-refractivity contribution in [3.05, 3.63) is 0 Å². The lowest BCUT2D eigenvalue weighted by Gasteiger charge is -2.27. The minimum Gasteiger partial charge on any atom is -0.378 e. The molecule has 2 fully saturated rings. The summed E-state index contributed by atoms with van der Waals surface area (Å²) >= 11 is 0. The van der Waals surface area contributed by atoms with Gasteiger partial charge in [-0.25, -0.2) is 0 Å². The first-order valence-corrected chi connectivity index (χ1v) is 11.6. The van der Waals surface area contributed by atoms with Crippen LogP contribution in [0.4, 0.5) is 17.8 Å². The number of anilines is 3. The third kappa shape index (κ3) is 8.20. The van der Waals surface area contributed by atoms with Crippen LogP contribution in [0.5, 0.6) is 0 Å². The zero-order valence-electron chi connectivity index (χ0n) is 18.4. The Morgan fingerprint density at radius 1 is 0.767 bits per heavy atom. The zero-order chi connectivity index (χ0) is 21.0. The minimum absolute atomic E-state index is 0.438. The fraction of sp³-hybridized carbons (Fsp3) is 0.857. The van der Waals surface area contributed by atoms with Gasteiger partial charge in [0.2, 0.25) is 17.8 Å². The number of aromatic nitrogens is 3. The summed E-state index contributed by atoms with van der Waals surface area (Å²) in [6.07, 6.45) is 9.75. The number of nitrogens with zero attached hydrogens (tertiary/aromatic N) is 3. The van der Waals surface area contributed by atoms with Crippen LogP contribution in [0.2, 0.25) is 0 Å². The van der Waals surface area contributed by atoms with Gasteiger partial charge in [-0.15, -0.1) is 0 Å². The fourth-order valence-corrected chi connectivity index (χ4v) is 4.06. The monoisotopic (exact) mass is 421 g/mol. The summed E-state index contributed by atoms with van der Waals surface area (Å²) in [6.45, 7) is 5.74. The lowest BCUT2D eigenvalue weighted by molar-refractivity contribution is 0.0547. The maximum atomic E-state index is 5.57. The highest BCUT2D eigenvalue weighted by atomic mass is 16.5. The molecule has 170 valence electrons. The molecule has 2 aliphatic rings. The standard InChI is InChI=1S/C21H39N7O2/c1-16-6-8-18(9-7-16)25-21-27-19(23-11-13-30-15-14-29-12-10-22)26-20(28-21)24-17-4-2-3-5-17/h16-18H,2-15,22H2,1H3,(H3,23,24,25,26,27,28). The summed E-state index contributed by atoms with van der Waals surface area (Å²) < 4.78 is 10.9. The molecule has 0 amide bonds. The van der Waals surface area contributed by atoms with E-state index in [2.05, 4.69) is 37.8 Å². The zero-order valence-corrected chi connectivity index (χ0v) is 18.4. The summed E-state index contributed by atoms with van der Waals surface area (Å²) in [4.78, 5) is 13.8. The second-order valence-corrected chi connectivity index (χ2v) is 8.47. The Labute approximate surface area is 180 Å². The highest BCUT2D eigenvalue weighted by Crippen LogP contribution is 2.26. The molecule has 1 aromatic rings. The van der Waals surface area contributed by atoms with Crippen LogP contribution in [0.3, 0.4) is 0 Å². The van der Waals surface area contributed by atoms with E-state index in [0.29, 0.717) is 69.4 Å². The molecule has 0 radical (unpaired) electrons. The molecule has 5 N–H and O–H groups in total. The molecule has 0 atom stereocenters. The van der Waals surface area contributed by atoms with Crippen molar-refractivity contribution in [2.24, 2.45) is 11.7 Å². The van der Waals surface area contributed by atoms with Crippen LogP contribution in [-0.2, 0) is 9.47 Å². The molecule has 9 nitrogen and oxygen atoms in total. The van der Waals surface area contributed by atoms with E-state index in [1.807, 2.05) is 0 Å². The van der Waals surface area contributed by atoms with Crippen LogP contribution in [0.25, 0.3) is 0 Å². The predicted molar refractivity (Wildman–Crippen MR) is 120 cm³/mol. The summed E-state index contributed by atoms with van der Waals surface area (Å²) in [5.41, 5.74) is 5.39. The molecule has 0 saturated heterocycles. The van der Waals surface area contributed by atoms with Crippen LogP contribution < -0.4 is 21.7 Å². The van der Waals surface area contributed by atoms with Crippen LogP contribution in [0.15, 0.2) is 0 Å². The van der Waals surface area contributed by atoms with Crippen molar-refractivity contribution in [1.29, 1.82) is 0 Å². The molecule has 30 heavy (non-hydrogen) atoms. The van der Waals surface area contributed by atoms with Gasteiger partial charge in [-0.2, -0.15) is 15.0 Å². The predicted octanol–water partition coefficient (Wildman–Crippen LogP) is 2.62. The highest BCUT2D eigenvalue weighted by Gasteiger charge is 2.20. The largest absolute Gasteiger partial charge is 0.378 e. The van der Waals surface area contributed by atoms with Gasteiger partial charge in [0.25, 0.3) is 0 Å². The van der Waals surface area contributed by atoms with Crippen molar-refractivity contribution in [2.45, 2.75) is 70.4 Å². The Bertz CT molecular complexity index is 605. The van der Waals surface area contributed by atoms with E-state index >= 15 is 0 Å². The molecule has 3 rings (SSSR count). The molecule has 2 saturated carbocycles. The van der Waals surface area contributed by atoms with Crippen molar-refractivity contribution >= 4 is 17.8 Å². The maximum Gasteiger partial charge on any atom is 0.229 e. The molecule has 1 aromatic heterocycles. The van der Waals surface area contributed by atoms with Gasteiger partial charge in [-0.05, 0) is 44.4 Å². The topological polar surface area (TPSA) is 119 Å². The first-order valence-electron chi connectivity index (χ1n) is 11.6. The molecule has 0 spiro atoms. The van der Waals surface area contributed by atoms with Crippen molar-refractivity contribution < 1.29 is 9.47 Å². The lowest BCUT2D eigenvalue weighted by atomic mass is 9.87. The van der Waals surface area contributed by atoms with Crippen LogP contribution in [-0.4, -0.2) is 66.6 Å². The summed E-state index contributed by atoms with van der Waals surface area (Å²) in [5, 5.41) is 10.3. The number of hydrogen-bond donors (Lipinski definition) is 4. The Morgan fingerprint density at radius 2 is 1.33 bits per heavy atom. The molecular formula is C21H39N7O2. The number of nitrogens with two attached hydrogens (primary N) is 1. The van der Waals surface area contributed by atoms with E-state index in [1.54, 1.807) is 0 Å². The minimum atomic E-state index is 0.438. The van der Waals surface area contributed by atoms with Gasteiger partial charge in [0.05, 0.1) is 26.4 Å². The van der Waals surface area contributed by atoms with Crippen LogP contribution in [0, 0.1) is 5.92 Å². The molecule has 2 aliphatic carbocycles. The summed E-state index contributed by atoms with van der Waals surface area (Å²) in [5.74, 6) is 2.71. The van der Waals surface area contributed by atoms with Crippen molar-refractivity contribution in [3.63, 3.8) is 0 Å². The third-order valence-corrected chi connectivity index (χ3v) is 5.84. The van der Waals surface area contributed by atoms with Crippen molar-refractivity contribution in [2.75, 3.05) is 55.5 Å². The molecule has 1 heterocycles. The summed E-state index contributed by atoms with van der Waals surface area (Å²) in [6, 6.07) is 0.896. The first kappa shape index (κ1) is 23.0. The van der Waals surface area contributed by atoms with Gasteiger partial charge in [0.1, 0.15) is 0 Å². The molecule has 0 aromatic carbocycles. The van der Waals surface area contributed by atoms with E-state index in [0.717, 1.165) is 5.92 Å². The highest BCUT2D eigenvalue weighted by molar-refractivity contribution is 5.43. The molecule has 9 heteroatoms. The third-order valence-electron chi connectivity index (χ3n) is 5.84.